The maximum Gasteiger partial charge on any atom is 0.118 e. The Morgan fingerprint density at radius 2 is 1.86 bits per heavy atom. The Labute approximate surface area is 132 Å². The summed E-state index contributed by atoms with van der Waals surface area (Å²) in [6.07, 6.45) is 8.04. The number of methoxy groups -OCH3 is 1. The van der Waals surface area contributed by atoms with Gasteiger partial charge in [0.2, 0.25) is 0 Å². The summed E-state index contributed by atoms with van der Waals surface area (Å²) in [6, 6.07) is 7.95. The Balaban J connectivity index is 2.56. The quantitative estimate of drug-likeness (QED) is 0.545. The van der Waals surface area contributed by atoms with E-state index in [9.17, 15) is 4.39 Å². The third kappa shape index (κ3) is 6.27. The van der Waals surface area contributed by atoms with Crippen LogP contribution >= 0.6 is 0 Å². The van der Waals surface area contributed by atoms with Crippen LogP contribution in [0.1, 0.15) is 18.1 Å². The molecule has 0 aliphatic heterocycles. The van der Waals surface area contributed by atoms with Gasteiger partial charge in [0.15, 0.2) is 0 Å². The van der Waals surface area contributed by atoms with Crippen LogP contribution in [0.4, 0.5) is 4.39 Å². The summed E-state index contributed by atoms with van der Waals surface area (Å²) in [4.78, 5) is 0. The minimum Gasteiger partial charge on any atom is -0.497 e. The average Bonchev–Trinajstić information content (AvgIpc) is 2.56. The number of rotatable bonds is 8. The third-order valence-corrected chi connectivity index (χ3v) is 3.00. The highest BCUT2D eigenvalue weighted by Crippen LogP contribution is 2.16. The van der Waals surface area contributed by atoms with Crippen LogP contribution in [-0.2, 0) is 11.3 Å². The molecule has 0 saturated carbocycles. The van der Waals surface area contributed by atoms with Crippen molar-refractivity contribution in [2.75, 3.05) is 7.11 Å². The predicted molar refractivity (Wildman–Crippen MR) is 91.6 cm³/mol. The zero-order chi connectivity index (χ0) is 16.4. The average molecular weight is 299 g/mol. The van der Waals surface area contributed by atoms with E-state index in [0.29, 0.717) is 12.3 Å². The summed E-state index contributed by atoms with van der Waals surface area (Å²) in [5, 5.41) is 3.15. The lowest BCUT2D eigenvalue weighted by molar-refractivity contribution is 0.308. The second-order valence-corrected chi connectivity index (χ2v) is 4.61. The molecule has 1 N–H and O–H groups in total. The summed E-state index contributed by atoms with van der Waals surface area (Å²) in [7, 11) is 1.58. The van der Waals surface area contributed by atoms with E-state index in [1.54, 1.807) is 32.4 Å². The standard InChI is InChI=1S/C19H22FNO/c1-5-19(20)11-6-15(2)18-9-7-17(8-10-18)14-21-13-12-16(3)22-4/h5-13,21H,2-3,14H2,1,4H3/b11-6-,13-12+,19-5+. The first-order chi connectivity index (χ1) is 10.6. The minimum atomic E-state index is -0.272. The lowest BCUT2D eigenvalue weighted by Crippen LogP contribution is -2.04. The molecule has 1 rings (SSSR count). The maximum atomic E-state index is 13.0. The highest BCUT2D eigenvalue weighted by molar-refractivity contribution is 5.72. The Hall–Kier alpha value is -2.55. The molecule has 0 heterocycles. The zero-order valence-corrected chi connectivity index (χ0v) is 13.1. The van der Waals surface area contributed by atoms with Crippen molar-refractivity contribution in [3.05, 3.63) is 90.6 Å². The first kappa shape index (κ1) is 17.5. The van der Waals surface area contributed by atoms with Gasteiger partial charge < -0.3 is 10.1 Å². The van der Waals surface area contributed by atoms with Gasteiger partial charge in [-0.1, -0.05) is 49.6 Å². The summed E-state index contributed by atoms with van der Waals surface area (Å²) >= 11 is 0. The highest BCUT2D eigenvalue weighted by atomic mass is 19.1. The Bertz CT molecular complexity index is 594. The molecule has 0 aromatic heterocycles. The molecule has 0 aliphatic rings. The molecule has 3 heteroatoms. The minimum absolute atomic E-state index is 0.272. The van der Waals surface area contributed by atoms with Crippen molar-refractivity contribution in [3.8, 4) is 0 Å². The van der Waals surface area contributed by atoms with Gasteiger partial charge >= 0.3 is 0 Å². The van der Waals surface area contributed by atoms with E-state index in [1.807, 2.05) is 24.3 Å². The van der Waals surface area contributed by atoms with Crippen molar-refractivity contribution in [2.45, 2.75) is 13.5 Å². The number of hydrogen-bond donors (Lipinski definition) is 1. The topological polar surface area (TPSA) is 21.3 Å². The van der Waals surface area contributed by atoms with Crippen molar-refractivity contribution in [1.82, 2.24) is 5.32 Å². The Kier molecular flexibility index (Phi) is 7.48. The first-order valence-electron chi connectivity index (χ1n) is 6.97. The molecule has 1 aromatic rings. The van der Waals surface area contributed by atoms with Crippen LogP contribution in [0.15, 0.2) is 79.5 Å². The van der Waals surface area contributed by atoms with Gasteiger partial charge in [-0.25, -0.2) is 4.39 Å². The van der Waals surface area contributed by atoms with Gasteiger partial charge in [0, 0.05) is 12.7 Å². The largest absolute Gasteiger partial charge is 0.497 e. The molecule has 0 unspecified atom stereocenters. The molecule has 116 valence electrons. The molecule has 0 radical (unpaired) electrons. The monoisotopic (exact) mass is 299 g/mol. The molecular weight excluding hydrogens is 277 g/mol. The fourth-order valence-electron chi connectivity index (χ4n) is 1.61. The van der Waals surface area contributed by atoms with Gasteiger partial charge in [-0.2, -0.15) is 0 Å². The molecule has 2 nitrogen and oxygen atoms in total. The molecule has 0 saturated heterocycles. The summed E-state index contributed by atoms with van der Waals surface area (Å²) in [5.41, 5.74) is 2.87. The van der Waals surface area contributed by atoms with Crippen molar-refractivity contribution in [2.24, 2.45) is 0 Å². The van der Waals surface area contributed by atoms with Gasteiger partial charge in [-0.15, -0.1) is 0 Å². The van der Waals surface area contributed by atoms with Gasteiger partial charge in [0.1, 0.15) is 11.6 Å². The van der Waals surface area contributed by atoms with Crippen LogP contribution < -0.4 is 5.32 Å². The molecule has 1 aromatic carbocycles. The van der Waals surface area contributed by atoms with Crippen LogP contribution in [0, 0.1) is 0 Å². The van der Waals surface area contributed by atoms with Gasteiger partial charge in [0.05, 0.1) is 7.11 Å². The van der Waals surface area contributed by atoms with Crippen LogP contribution in [0.5, 0.6) is 0 Å². The summed E-state index contributed by atoms with van der Waals surface area (Å²) in [5.74, 6) is 0.325. The summed E-state index contributed by atoms with van der Waals surface area (Å²) in [6.45, 7) is 9.97. The fourth-order valence-corrected chi connectivity index (χ4v) is 1.61. The smallest absolute Gasteiger partial charge is 0.118 e. The molecule has 0 bridgehead atoms. The maximum absolute atomic E-state index is 13.0. The summed E-state index contributed by atoms with van der Waals surface area (Å²) < 4.78 is 18.0. The highest BCUT2D eigenvalue weighted by Gasteiger charge is 1.97. The van der Waals surface area contributed by atoms with Gasteiger partial charge in [0.25, 0.3) is 0 Å². The first-order valence-corrected chi connectivity index (χ1v) is 6.97. The van der Waals surface area contributed by atoms with Crippen LogP contribution in [-0.4, -0.2) is 7.11 Å². The van der Waals surface area contributed by atoms with Gasteiger partial charge in [-0.3, -0.25) is 0 Å². The Morgan fingerprint density at radius 3 is 2.45 bits per heavy atom. The third-order valence-electron chi connectivity index (χ3n) is 3.00. The number of halogens is 1. The zero-order valence-electron chi connectivity index (χ0n) is 13.1. The van der Waals surface area contributed by atoms with Crippen LogP contribution in [0.3, 0.4) is 0 Å². The second-order valence-electron chi connectivity index (χ2n) is 4.61. The number of benzene rings is 1. The normalized spacial score (nSPS) is 11.9. The van der Waals surface area contributed by atoms with E-state index >= 15 is 0 Å². The lowest BCUT2D eigenvalue weighted by atomic mass is 10.0. The fraction of sp³-hybridized carbons (Fsp3) is 0.158. The number of ether oxygens (including phenoxy) is 1. The molecule has 22 heavy (non-hydrogen) atoms. The molecule has 0 fully saturated rings. The van der Waals surface area contributed by atoms with Crippen molar-refractivity contribution >= 4 is 5.57 Å². The van der Waals surface area contributed by atoms with E-state index in [0.717, 1.165) is 16.7 Å². The van der Waals surface area contributed by atoms with Crippen molar-refractivity contribution < 1.29 is 9.13 Å². The molecule has 0 spiro atoms. The van der Waals surface area contributed by atoms with Crippen LogP contribution in [0.2, 0.25) is 0 Å². The number of nitrogens with one attached hydrogen (secondary N) is 1. The number of allylic oxidation sites excluding steroid dienone is 6. The van der Waals surface area contributed by atoms with Gasteiger partial charge in [-0.05, 0) is 35.8 Å². The molecule has 0 aliphatic carbocycles. The van der Waals surface area contributed by atoms with E-state index in [1.165, 1.54) is 12.2 Å². The molecule has 0 atom stereocenters. The second kappa shape index (κ2) is 9.40. The molecule has 0 amide bonds. The van der Waals surface area contributed by atoms with E-state index in [-0.39, 0.29) is 5.83 Å². The van der Waals surface area contributed by atoms with E-state index in [4.69, 9.17) is 4.74 Å². The lowest BCUT2D eigenvalue weighted by Gasteiger charge is -2.05. The Morgan fingerprint density at radius 1 is 1.18 bits per heavy atom. The molecular formula is C19H22FNO. The van der Waals surface area contributed by atoms with E-state index in [2.05, 4.69) is 18.5 Å². The number of hydrogen-bond acceptors (Lipinski definition) is 2. The van der Waals surface area contributed by atoms with E-state index < -0.39 is 0 Å². The van der Waals surface area contributed by atoms with Crippen molar-refractivity contribution in [1.29, 1.82) is 0 Å². The van der Waals surface area contributed by atoms with Crippen molar-refractivity contribution in [3.63, 3.8) is 0 Å². The van der Waals surface area contributed by atoms with Crippen LogP contribution in [0.25, 0.3) is 5.57 Å². The predicted octanol–water partition coefficient (Wildman–Crippen LogP) is 4.89. The SMILES string of the molecule is C=C(/C=C/NCc1ccc(C(=C)/C=C\C(F)=C/C)cc1)OC.